The molecule has 2 aliphatic rings. The zero-order valence-corrected chi connectivity index (χ0v) is 19.1. The minimum absolute atomic E-state index is 0.0834. The Balaban J connectivity index is 1.52. The maximum atomic E-state index is 14.0. The van der Waals surface area contributed by atoms with Crippen LogP contribution in [0.2, 0.25) is 5.02 Å². The van der Waals surface area contributed by atoms with E-state index in [1.54, 1.807) is 34.1 Å². The molecule has 1 unspecified atom stereocenters. The van der Waals surface area contributed by atoms with Gasteiger partial charge in [0.25, 0.3) is 5.91 Å². The van der Waals surface area contributed by atoms with Crippen LogP contribution in [0.3, 0.4) is 0 Å². The summed E-state index contributed by atoms with van der Waals surface area (Å²) in [5, 5.41) is 0.587. The largest absolute Gasteiger partial charge is 0.295 e. The van der Waals surface area contributed by atoms with Crippen molar-refractivity contribution in [1.29, 1.82) is 0 Å². The van der Waals surface area contributed by atoms with Crippen LogP contribution in [0.1, 0.15) is 11.1 Å². The Bertz CT molecular complexity index is 1170. The van der Waals surface area contributed by atoms with Gasteiger partial charge in [-0.3, -0.25) is 24.3 Å². The van der Waals surface area contributed by atoms with Crippen LogP contribution in [0.25, 0.3) is 0 Å². The molecule has 2 amide bonds. The van der Waals surface area contributed by atoms with Crippen molar-refractivity contribution in [3.05, 3.63) is 95.0 Å². The van der Waals surface area contributed by atoms with Gasteiger partial charge in [-0.05, 0) is 42.9 Å². The number of para-hydroxylation sites is 1. The molecule has 7 heteroatoms. The molecule has 1 saturated heterocycles. The molecule has 5 nitrogen and oxygen atoms in total. The second-order valence-corrected chi connectivity index (χ2v) is 9.63. The number of rotatable bonds is 5. The maximum Gasteiger partial charge on any atom is 0.269 e. The number of anilines is 2. The number of fused-ring (bicyclic) bond motifs is 2. The second kappa shape index (κ2) is 8.28. The number of thioether (sulfide) groups is 1. The number of benzene rings is 3. The first-order valence-corrected chi connectivity index (χ1v) is 11.7. The van der Waals surface area contributed by atoms with Crippen molar-refractivity contribution in [2.24, 2.45) is 0 Å². The molecule has 3 aromatic carbocycles. The Morgan fingerprint density at radius 3 is 2.41 bits per heavy atom. The SMILES string of the molecule is CN(Cc1ccccc1)CN1C(=O)C2(SCC(=O)N2c2ccc(Cl)cc2)c2ccccc21. The van der Waals surface area contributed by atoms with Crippen molar-refractivity contribution >= 4 is 46.6 Å². The molecule has 0 radical (unpaired) electrons. The van der Waals surface area contributed by atoms with E-state index in [4.69, 9.17) is 11.6 Å². The van der Waals surface area contributed by atoms with E-state index < -0.39 is 4.87 Å². The summed E-state index contributed by atoms with van der Waals surface area (Å²) in [5.41, 5.74) is 3.55. The lowest BCUT2D eigenvalue weighted by atomic mass is 10.0. The van der Waals surface area contributed by atoms with Crippen LogP contribution in [0.15, 0.2) is 78.9 Å². The summed E-state index contributed by atoms with van der Waals surface area (Å²) in [4.78, 5) is 31.5. The van der Waals surface area contributed by atoms with Gasteiger partial charge in [-0.2, -0.15) is 0 Å². The highest BCUT2D eigenvalue weighted by Crippen LogP contribution is 2.55. The number of carbonyl (C=O) groups excluding carboxylic acids is 2. The van der Waals surface area contributed by atoms with E-state index in [0.29, 0.717) is 23.9 Å². The average molecular weight is 464 g/mol. The smallest absolute Gasteiger partial charge is 0.269 e. The molecule has 1 spiro atoms. The topological polar surface area (TPSA) is 43.9 Å². The highest BCUT2D eigenvalue weighted by molar-refractivity contribution is 8.02. The van der Waals surface area contributed by atoms with Gasteiger partial charge in [0, 0.05) is 22.8 Å². The third kappa shape index (κ3) is 3.39. The highest BCUT2D eigenvalue weighted by Gasteiger charge is 2.61. The van der Waals surface area contributed by atoms with Gasteiger partial charge in [0.1, 0.15) is 0 Å². The summed E-state index contributed by atoms with van der Waals surface area (Å²) in [6, 6.07) is 25.0. The van der Waals surface area contributed by atoms with Crippen molar-refractivity contribution in [3.63, 3.8) is 0 Å². The van der Waals surface area contributed by atoms with E-state index in [1.165, 1.54) is 17.3 Å². The van der Waals surface area contributed by atoms with Gasteiger partial charge in [-0.15, -0.1) is 11.8 Å². The molecule has 0 bridgehead atoms. The van der Waals surface area contributed by atoms with Crippen molar-refractivity contribution in [3.8, 4) is 0 Å². The number of nitrogens with zero attached hydrogens (tertiary/aromatic N) is 3. The summed E-state index contributed by atoms with van der Waals surface area (Å²) < 4.78 is 0. The second-order valence-electron chi connectivity index (χ2n) is 8.03. The molecule has 0 aromatic heterocycles. The lowest BCUT2D eigenvalue weighted by Gasteiger charge is -2.33. The van der Waals surface area contributed by atoms with Crippen molar-refractivity contribution in [2.75, 3.05) is 29.3 Å². The van der Waals surface area contributed by atoms with Crippen molar-refractivity contribution in [1.82, 2.24) is 4.90 Å². The monoisotopic (exact) mass is 463 g/mol. The molecule has 32 heavy (non-hydrogen) atoms. The zero-order chi connectivity index (χ0) is 22.3. The zero-order valence-electron chi connectivity index (χ0n) is 17.6. The Kier molecular flexibility index (Phi) is 5.45. The quantitative estimate of drug-likeness (QED) is 0.549. The third-order valence-corrected chi connectivity index (χ3v) is 7.46. The molecule has 2 heterocycles. The van der Waals surface area contributed by atoms with Gasteiger partial charge in [0.15, 0.2) is 0 Å². The lowest BCUT2D eigenvalue weighted by molar-refractivity contribution is -0.123. The van der Waals surface area contributed by atoms with Crippen LogP contribution in [-0.2, 0) is 21.0 Å². The third-order valence-electron chi connectivity index (χ3n) is 5.83. The van der Waals surface area contributed by atoms with Crippen molar-refractivity contribution < 1.29 is 9.59 Å². The highest BCUT2D eigenvalue weighted by atomic mass is 35.5. The van der Waals surface area contributed by atoms with Crippen LogP contribution in [-0.4, -0.2) is 36.2 Å². The fourth-order valence-corrected chi connectivity index (χ4v) is 5.96. The first-order valence-electron chi connectivity index (χ1n) is 10.4. The van der Waals surface area contributed by atoms with Gasteiger partial charge in [-0.1, -0.05) is 60.1 Å². The van der Waals surface area contributed by atoms with Crippen LogP contribution in [0, 0.1) is 0 Å². The summed E-state index contributed by atoms with van der Waals surface area (Å²) >= 11 is 7.46. The molecular formula is C25H22ClN3O2S. The Labute approximate surface area is 196 Å². The number of halogens is 1. The maximum absolute atomic E-state index is 14.0. The van der Waals surface area contributed by atoms with Crippen LogP contribution in [0.5, 0.6) is 0 Å². The normalized spacial score (nSPS) is 20.0. The minimum Gasteiger partial charge on any atom is -0.295 e. The number of hydrogen-bond acceptors (Lipinski definition) is 4. The molecular weight excluding hydrogens is 442 g/mol. The van der Waals surface area contributed by atoms with Crippen LogP contribution in [0.4, 0.5) is 11.4 Å². The number of amides is 2. The molecule has 5 rings (SSSR count). The fraction of sp³-hybridized carbons (Fsp3) is 0.200. The van der Waals surface area contributed by atoms with Crippen molar-refractivity contribution in [2.45, 2.75) is 11.4 Å². The molecule has 0 saturated carbocycles. The van der Waals surface area contributed by atoms with E-state index in [0.717, 1.165) is 11.3 Å². The molecule has 2 aliphatic heterocycles. The number of hydrogen-bond donors (Lipinski definition) is 0. The van der Waals surface area contributed by atoms with Crippen LogP contribution >= 0.6 is 23.4 Å². The first kappa shape index (κ1) is 21.1. The van der Waals surface area contributed by atoms with Gasteiger partial charge in [0.2, 0.25) is 10.8 Å². The summed E-state index contributed by atoms with van der Waals surface area (Å²) in [7, 11) is 2.00. The Hall–Kier alpha value is -2.80. The summed E-state index contributed by atoms with van der Waals surface area (Å²) in [6.45, 7) is 1.14. The fourth-order valence-electron chi connectivity index (χ4n) is 4.47. The number of carbonyl (C=O) groups is 2. The van der Waals surface area contributed by atoms with Gasteiger partial charge in [0.05, 0.1) is 18.1 Å². The Morgan fingerprint density at radius 1 is 0.969 bits per heavy atom. The average Bonchev–Trinajstić information content (AvgIpc) is 3.26. The van der Waals surface area contributed by atoms with E-state index >= 15 is 0 Å². The molecule has 0 N–H and O–H groups in total. The first-order chi connectivity index (χ1) is 15.5. The molecule has 1 atom stereocenters. The summed E-state index contributed by atoms with van der Waals surface area (Å²) in [6.07, 6.45) is 0. The van der Waals surface area contributed by atoms with E-state index in [9.17, 15) is 9.59 Å². The molecule has 0 aliphatic carbocycles. The van der Waals surface area contributed by atoms with E-state index in [1.807, 2.05) is 49.5 Å². The lowest BCUT2D eigenvalue weighted by Crippen LogP contribution is -2.51. The molecule has 162 valence electrons. The molecule has 3 aromatic rings. The van der Waals surface area contributed by atoms with E-state index in [2.05, 4.69) is 17.0 Å². The van der Waals surface area contributed by atoms with Crippen LogP contribution < -0.4 is 9.80 Å². The molecule has 1 fully saturated rings. The van der Waals surface area contributed by atoms with Gasteiger partial charge < -0.3 is 0 Å². The minimum atomic E-state index is -1.10. The predicted molar refractivity (Wildman–Crippen MR) is 130 cm³/mol. The van der Waals surface area contributed by atoms with Gasteiger partial charge >= 0.3 is 0 Å². The summed E-state index contributed by atoms with van der Waals surface area (Å²) in [5.74, 6) is 0.0699. The van der Waals surface area contributed by atoms with Gasteiger partial charge in [-0.25, -0.2) is 0 Å². The predicted octanol–water partition coefficient (Wildman–Crippen LogP) is 4.71. The van der Waals surface area contributed by atoms with E-state index in [-0.39, 0.29) is 17.6 Å². The standard InChI is InChI=1S/C25H22ClN3O2S/c1-27(15-18-7-3-2-4-8-18)17-28-22-10-6-5-9-21(22)25(24(28)31)29(23(30)16-32-25)20-13-11-19(26)12-14-20/h2-14H,15-17H2,1H3. The Morgan fingerprint density at radius 2 is 1.66 bits per heavy atom.